The number of halogens is 1. The van der Waals surface area contributed by atoms with Crippen LogP contribution in [0.3, 0.4) is 0 Å². The van der Waals surface area contributed by atoms with Crippen molar-refractivity contribution in [3.8, 4) is 33.1 Å². The minimum atomic E-state index is -0.266. The van der Waals surface area contributed by atoms with E-state index in [0.717, 1.165) is 43.8 Å². The van der Waals surface area contributed by atoms with Gasteiger partial charge in [0.2, 0.25) is 5.91 Å². The molecule has 0 aromatic carbocycles. The predicted octanol–water partition coefficient (Wildman–Crippen LogP) is 6.84. The summed E-state index contributed by atoms with van der Waals surface area (Å²) in [7, 11) is 0. The lowest BCUT2D eigenvalue weighted by Crippen LogP contribution is -2.19. The molecule has 198 valence electrons. The molecule has 6 aromatic rings. The van der Waals surface area contributed by atoms with Crippen molar-refractivity contribution in [2.24, 2.45) is 5.41 Å². The number of rotatable bonds is 5. The molecule has 9 nitrogen and oxygen atoms in total. The highest BCUT2D eigenvalue weighted by atomic mass is 32.1. The summed E-state index contributed by atoms with van der Waals surface area (Å²) in [6, 6.07) is 6.98. The molecule has 0 spiro atoms. The molecule has 0 aliphatic rings. The number of pyridine rings is 3. The number of anilines is 1. The van der Waals surface area contributed by atoms with Crippen LogP contribution in [0.25, 0.3) is 55.2 Å². The molecule has 0 saturated carbocycles. The Morgan fingerprint density at radius 1 is 1.05 bits per heavy atom. The molecule has 0 aliphatic carbocycles. The molecule has 0 atom stereocenters. The summed E-state index contributed by atoms with van der Waals surface area (Å²) in [6.07, 6.45) is 8.84. The number of fused-ring (bicyclic) bond motifs is 2. The maximum absolute atomic E-state index is 13.7. The molecular formula is C28H27FN8OS. The van der Waals surface area contributed by atoms with Crippen LogP contribution in [0.1, 0.15) is 34.6 Å². The Bertz CT molecular complexity index is 1810. The first-order valence-corrected chi connectivity index (χ1v) is 12.7. The van der Waals surface area contributed by atoms with Crippen molar-refractivity contribution < 1.29 is 9.18 Å². The average molecular weight is 543 g/mol. The number of hydrogen-bond acceptors (Lipinski definition) is 7. The van der Waals surface area contributed by atoms with Gasteiger partial charge in [0.25, 0.3) is 0 Å². The molecule has 39 heavy (non-hydrogen) atoms. The van der Waals surface area contributed by atoms with Crippen LogP contribution in [0.5, 0.6) is 0 Å². The maximum Gasteiger partial charge on any atom is 0.224 e. The Balaban J connectivity index is 0.00000308. The quantitative estimate of drug-likeness (QED) is 0.219. The van der Waals surface area contributed by atoms with Crippen molar-refractivity contribution in [2.45, 2.75) is 34.6 Å². The van der Waals surface area contributed by atoms with Gasteiger partial charge in [0.05, 0.1) is 29.0 Å². The van der Waals surface area contributed by atoms with E-state index in [0.29, 0.717) is 34.8 Å². The molecule has 0 unspecified atom stereocenters. The fraction of sp³-hybridized carbons (Fsp3) is 0.214. The van der Waals surface area contributed by atoms with E-state index in [9.17, 15) is 9.18 Å². The second kappa shape index (κ2) is 9.99. The van der Waals surface area contributed by atoms with E-state index in [1.165, 1.54) is 6.07 Å². The van der Waals surface area contributed by atoms with Gasteiger partial charge in [-0.3, -0.25) is 19.9 Å². The third-order valence-corrected chi connectivity index (χ3v) is 6.83. The molecule has 0 fully saturated rings. The monoisotopic (exact) mass is 542 g/mol. The summed E-state index contributed by atoms with van der Waals surface area (Å²) in [6.45, 7) is 6.06. The highest BCUT2D eigenvalue weighted by molar-refractivity contribution is 7.14. The number of imidazole rings is 1. The van der Waals surface area contributed by atoms with E-state index in [4.69, 9.17) is 4.98 Å². The van der Waals surface area contributed by atoms with Crippen molar-refractivity contribution >= 4 is 45.0 Å². The number of amides is 1. The smallest absolute Gasteiger partial charge is 0.224 e. The first-order chi connectivity index (χ1) is 18.2. The predicted molar refractivity (Wildman–Crippen MR) is 153 cm³/mol. The third-order valence-electron chi connectivity index (χ3n) is 5.93. The molecular weight excluding hydrogens is 515 g/mol. The first-order valence-electron chi connectivity index (χ1n) is 11.9. The Hall–Kier alpha value is -4.51. The summed E-state index contributed by atoms with van der Waals surface area (Å²) < 4.78 is 13.7. The van der Waals surface area contributed by atoms with E-state index in [2.05, 4.69) is 35.5 Å². The van der Waals surface area contributed by atoms with Crippen LogP contribution in [-0.2, 0) is 4.79 Å². The van der Waals surface area contributed by atoms with Crippen LogP contribution in [-0.4, -0.2) is 41.0 Å². The number of H-pyrrole nitrogens is 2. The minimum Gasteiger partial charge on any atom is -0.335 e. The zero-order chi connectivity index (χ0) is 26.4. The van der Waals surface area contributed by atoms with Crippen LogP contribution < -0.4 is 5.32 Å². The molecule has 11 heteroatoms. The molecule has 0 radical (unpaired) electrons. The zero-order valence-corrected chi connectivity index (χ0v) is 21.7. The second-order valence-electron chi connectivity index (χ2n) is 10.2. The summed E-state index contributed by atoms with van der Waals surface area (Å²) in [5, 5.41) is 10.8. The molecule has 6 rings (SSSR count). The number of aromatic nitrogens is 7. The van der Waals surface area contributed by atoms with Gasteiger partial charge in [-0.15, -0.1) is 11.3 Å². The van der Waals surface area contributed by atoms with Crippen molar-refractivity contribution in [3.63, 3.8) is 0 Å². The van der Waals surface area contributed by atoms with Gasteiger partial charge in [-0.1, -0.05) is 28.2 Å². The highest BCUT2D eigenvalue weighted by Gasteiger charge is 2.18. The third kappa shape index (κ3) is 5.26. The van der Waals surface area contributed by atoms with Gasteiger partial charge in [0.1, 0.15) is 11.2 Å². The Labute approximate surface area is 228 Å². The largest absolute Gasteiger partial charge is 0.335 e. The average Bonchev–Trinajstić information content (AvgIpc) is 3.60. The number of nitrogens with one attached hydrogen (secondary N) is 3. The Morgan fingerprint density at radius 3 is 2.62 bits per heavy atom. The maximum atomic E-state index is 13.7. The molecule has 1 amide bonds. The number of carbonyl (C=O) groups excluding carboxylic acids is 1. The fourth-order valence-electron chi connectivity index (χ4n) is 4.28. The standard InChI is InChI=1S/C27H23FN8OS.CH4/c1-27(2,3)8-22(37)32-16-6-14(9-29-11-16)15-7-17-24(35-36-25(17)31-10-15)26-33-19-13-30-12-18(23(19)34-26)20-4-5-21(28)38-20;/h4-7,9-13H,8H2,1-3H3,(H,32,37)(H,33,34)(H,31,35,36);1H4. The zero-order valence-electron chi connectivity index (χ0n) is 20.8. The first kappa shape index (κ1) is 26.1. The van der Waals surface area contributed by atoms with E-state index in [-0.39, 0.29) is 23.9 Å². The number of nitrogens with zero attached hydrogens (tertiary/aromatic N) is 5. The van der Waals surface area contributed by atoms with Crippen molar-refractivity contribution in [1.82, 2.24) is 35.1 Å². The van der Waals surface area contributed by atoms with E-state index >= 15 is 0 Å². The summed E-state index contributed by atoms with van der Waals surface area (Å²) >= 11 is 1.05. The van der Waals surface area contributed by atoms with Crippen LogP contribution in [0.15, 0.2) is 55.2 Å². The van der Waals surface area contributed by atoms with Crippen molar-refractivity contribution in [3.05, 3.63) is 60.4 Å². The van der Waals surface area contributed by atoms with Gasteiger partial charge in [-0.05, 0) is 29.7 Å². The van der Waals surface area contributed by atoms with E-state index in [1.54, 1.807) is 37.1 Å². The van der Waals surface area contributed by atoms with Crippen LogP contribution in [0.4, 0.5) is 10.1 Å². The molecule has 0 bridgehead atoms. The van der Waals surface area contributed by atoms with Crippen LogP contribution in [0.2, 0.25) is 0 Å². The van der Waals surface area contributed by atoms with Gasteiger partial charge < -0.3 is 10.3 Å². The highest BCUT2D eigenvalue weighted by Crippen LogP contribution is 2.34. The normalized spacial score (nSPS) is 11.6. The van der Waals surface area contributed by atoms with Crippen LogP contribution in [0, 0.1) is 10.5 Å². The number of hydrogen-bond donors (Lipinski definition) is 3. The fourth-order valence-corrected chi connectivity index (χ4v) is 5.02. The molecule has 6 aromatic heterocycles. The Kier molecular flexibility index (Phi) is 6.69. The molecule has 3 N–H and O–H groups in total. The number of aromatic amines is 2. The van der Waals surface area contributed by atoms with E-state index < -0.39 is 0 Å². The van der Waals surface area contributed by atoms with Gasteiger partial charge in [-0.2, -0.15) is 9.49 Å². The Morgan fingerprint density at radius 2 is 1.85 bits per heavy atom. The lowest BCUT2D eigenvalue weighted by atomic mass is 9.92. The molecule has 6 heterocycles. The molecule has 0 saturated heterocycles. The van der Waals surface area contributed by atoms with Gasteiger partial charge in [0.15, 0.2) is 16.6 Å². The topological polar surface area (TPSA) is 125 Å². The van der Waals surface area contributed by atoms with Gasteiger partial charge in [-0.25, -0.2) is 9.97 Å². The van der Waals surface area contributed by atoms with Gasteiger partial charge in [0, 0.05) is 46.6 Å². The van der Waals surface area contributed by atoms with Gasteiger partial charge >= 0.3 is 0 Å². The lowest BCUT2D eigenvalue weighted by Gasteiger charge is -2.17. The van der Waals surface area contributed by atoms with Crippen molar-refractivity contribution in [1.29, 1.82) is 0 Å². The molecule has 0 aliphatic heterocycles. The van der Waals surface area contributed by atoms with Crippen LogP contribution >= 0.6 is 11.3 Å². The summed E-state index contributed by atoms with van der Waals surface area (Å²) in [4.78, 5) is 34.4. The lowest BCUT2D eigenvalue weighted by molar-refractivity contribution is -0.117. The second-order valence-corrected chi connectivity index (χ2v) is 11.2. The number of carbonyl (C=O) groups is 1. The minimum absolute atomic E-state index is 0. The van der Waals surface area contributed by atoms with E-state index in [1.807, 2.05) is 32.9 Å². The number of thiophene rings is 1. The summed E-state index contributed by atoms with van der Waals surface area (Å²) in [5.41, 5.74) is 5.47. The SMILES string of the molecule is C.CC(C)(C)CC(=O)Nc1cncc(-c2cnc3n[nH]c(-c4nc5c(-c6ccc(F)s6)cncc5[nH]4)c3c2)c1. The van der Waals surface area contributed by atoms with Crippen molar-refractivity contribution in [2.75, 3.05) is 5.32 Å². The summed E-state index contributed by atoms with van der Waals surface area (Å²) in [5.74, 6) is 0.500.